The third-order valence-corrected chi connectivity index (χ3v) is 4.83. The lowest BCUT2D eigenvalue weighted by atomic mass is 10.3. The molecule has 1 amide bonds. The molecule has 1 saturated heterocycles. The van der Waals surface area contributed by atoms with Crippen molar-refractivity contribution in [3.05, 3.63) is 27.4 Å². The second-order valence-electron chi connectivity index (χ2n) is 4.06. The van der Waals surface area contributed by atoms with Crippen molar-refractivity contribution in [3.63, 3.8) is 0 Å². The maximum Gasteiger partial charge on any atom is 0.313 e. The van der Waals surface area contributed by atoms with Crippen molar-refractivity contribution in [2.24, 2.45) is 0 Å². The number of rotatable bonds is 3. The minimum Gasteiger partial charge on any atom is -0.290 e. The molecule has 0 radical (unpaired) electrons. The van der Waals surface area contributed by atoms with Crippen LogP contribution >= 0.6 is 22.3 Å². The molecule has 1 aliphatic heterocycles. The van der Waals surface area contributed by atoms with Crippen LogP contribution in [0.5, 0.6) is 0 Å². The van der Waals surface area contributed by atoms with Gasteiger partial charge in [0.2, 0.25) is 20.8 Å². The first-order chi connectivity index (χ1) is 9.20. The van der Waals surface area contributed by atoms with Gasteiger partial charge < -0.3 is 0 Å². The molecule has 1 aliphatic rings. The Bertz CT molecular complexity index is 693. The summed E-state index contributed by atoms with van der Waals surface area (Å²) in [4.78, 5) is 26.7. The molecule has 0 aromatic carbocycles. The Labute approximate surface area is 122 Å². The zero-order valence-corrected chi connectivity index (χ0v) is 12.0. The molecule has 1 fully saturated rings. The number of hydrogen-bond donors (Lipinski definition) is 0. The fourth-order valence-electron chi connectivity index (χ4n) is 1.83. The van der Waals surface area contributed by atoms with Gasteiger partial charge in [0.05, 0.1) is 9.95 Å². The average molecular weight is 340 g/mol. The van der Waals surface area contributed by atoms with E-state index in [-0.39, 0.29) is 23.8 Å². The van der Waals surface area contributed by atoms with Crippen molar-refractivity contribution < 1.29 is 18.1 Å². The van der Waals surface area contributed by atoms with Gasteiger partial charge in [0.15, 0.2) is 0 Å². The number of carbonyl (C=O) groups is 1. The normalized spacial score (nSPS) is 19.4. The predicted octanol–water partition coefficient (Wildman–Crippen LogP) is 1.32. The van der Waals surface area contributed by atoms with E-state index in [1.807, 2.05) is 0 Å². The highest BCUT2D eigenvalue weighted by Crippen LogP contribution is 2.33. The summed E-state index contributed by atoms with van der Waals surface area (Å²) in [5.41, 5.74) is -0.474. The highest BCUT2D eigenvalue weighted by Gasteiger charge is 2.40. The topological polar surface area (TPSA) is 110 Å². The van der Waals surface area contributed by atoms with Crippen LogP contribution in [0.4, 0.5) is 11.5 Å². The maximum absolute atomic E-state index is 11.8. The second kappa shape index (κ2) is 5.15. The first-order valence-corrected chi connectivity index (χ1v) is 7.99. The van der Waals surface area contributed by atoms with E-state index in [2.05, 4.69) is 4.98 Å². The third kappa shape index (κ3) is 2.84. The van der Waals surface area contributed by atoms with Crippen LogP contribution in [-0.4, -0.2) is 36.0 Å². The molecule has 0 saturated carbocycles. The maximum atomic E-state index is 11.8. The standard InChI is InChI=1S/C9H7Cl2N3O5S/c10-5-1-7(14(16)17)9(12-3-5)13-4-6(2-8(13)15)20(11,18)19/h1,3,6H,2,4H2. The SMILES string of the molecule is O=C1CC(S(=O)(=O)Cl)CN1c1ncc(Cl)cc1[N+](=O)[O-]. The number of aromatic nitrogens is 1. The Morgan fingerprint density at radius 3 is 2.65 bits per heavy atom. The number of carbonyl (C=O) groups excluding carboxylic acids is 1. The predicted molar refractivity (Wildman–Crippen MR) is 71.4 cm³/mol. The van der Waals surface area contributed by atoms with Gasteiger partial charge in [0.1, 0.15) is 5.25 Å². The van der Waals surface area contributed by atoms with Crippen LogP contribution in [0, 0.1) is 10.1 Å². The molecule has 20 heavy (non-hydrogen) atoms. The molecular formula is C9H7Cl2N3O5S. The summed E-state index contributed by atoms with van der Waals surface area (Å²) in [7, 11) is 1.27. The summed E-state index contributed by atoms with van der Waals surface area (Å²) in [6.45, 7) is -0.278. The number of hydrogen-bond acceptors (Lipinski definition) is 6. The lowest BCUT2D eigenvalue weighted by Crippen LogP contribution is -2.28. The number of nitro groups is 1. The number of pyridine rings is 1. The van der Waals surface area contributed by atoms with Gasteiger partial charge in [-0.1, -0.05) is 11.6 Å². The van der Waals surface area contributed by atoms with Gasteiger partial charge in [-0.05, 0) is 0 Å². The summed E-state index contributed by atoms with van der Waals surface area (Å²) in [6, 6.07) is 1.04. The van der Waals surface area contributed by atoms with Crippen molar-refractivity contribution in [2.45, 2.75) is 11.7 Å². The summed E-state index contributed by atoms with van der Waals surface area (Å²) in [6.07, 6.45) is 0.799. The van der Waals surface area contributed by atoms with E-state index in [0.717, 1.165) is 17.2 Å². The largest absolute Gasteiger partial charge is 0.313 e. The van der Waals surface area contributed by atoms with E-state index >= 15 is 0 Å². The number of nitrogens with zero attached hydrogens (tertiary/aromatic N) is 3. The summed E-state index contributed by atoms with van der Waals surface area (Å²) in [5.74, 6) is -0.843. The van der Waals surface area contributed by atoms with Crippen molar-refractivity contribution >= 4 is 48.7 Å². The molecule has 1 aromatic heterocycles. The van der Waals surface area contributed by atoms with Crippen LogP contribution in [0.1, 0.15) is 6.42 Å². The zero-order valence-electron chi connectivity index (χ0n) is 9.69. The molecule has 1 unspecified atom stereocenters. The van der Waals surface area contributed by atoms with E-state index < -0.39 is 30.8 Å². The molecule has 0 bridgehead atoms. The van der Waals surface area contributed by atoms with E-state index in [1.54, 1.807) is 0 Å². The minimum absolute atomic E-state index is 0.0358. The fraction of sp³-hybridized carbons (Fsp3) is 0.333. The Balaban J connectivity index is 2.43. The van der Waals surface area contributed by atoms with Crippen molar-refractivity contribution in [3.8, 4) is 0 Å². The molecule has 11 heteroatoms. The van der Waals surface area contributed by atoms with E-state index in [0.29, 0.717) is 0 Å². The zero-order chi connectivity index (χ0) is 15.1. The lowest BCUT2D eigenvalue weighted by molar-refractivity contribution is -0.384. The Morgan fingerprint density at radius 2 is 2.15 bits per heavy atom. The molecule has 108 valence electrons. The van der Waals surface area contributed by atoms with Crippen LogP contribution in [-0.2, 0) is 13.8 Å². The van der Waals surface area contributed by atoms with Crippen molar-refractivity contribution in [1.82, 2.24) is 4.98 Å². The first-order valence-electron chi connectivity index (χ1n) is 5.24. The minimum atomic E-state index is -3.93. The summed E-state index contributed by atoms with van der Waals surface area (Å²) >= 11 is 5.62. The van der Waals surface area contributed by atoms with Gasteiger partial charge in [-0.25, -0.2) is 13.4 Å². The number of anilines is 1. The molecule has 2 rings (SSSR count). The van der Waals surface area contributed by atoms with E-state index in [9.17, 15) is 23.3 Å². The van der Waals surface area contributed by atoms with Crippen LogP contribution in [0.2, 0.25) is 5.02 Å². The van der Waals surface area contributed by atoms with Crippen molar-refractivity contribution in [1.29, 1.82) is 0 Å². The quantitative estimate of drug-likeness (QED) is 0.466. The van der Waals surface area contributed by atoms with Gasteiger partial charge in [-0.3, -0.25) is 19.8 Å². The fourth-order valence-corrected chi connectivity index (χ4v) is 3.01. The van der Waals surface area contributed by atoms with Crippen LogP contribution in [0.3, 0.4) is 0 Å². The Kier molecular flexibility index (Phi) is 3.85. The first kappa shape index (κ1) is 14.9. The third-order valence-electron chi connectivity index (χ3n) is 2.75. The summed E-state index contributed by atoms with van der Waals surface area (Å²) < 4.78 is 22.5. The van der Waals surface area contributed by atoms with Crippen LogP contribution < -0.4 is 4.90 Å². The second-order valence-corrected chi connectivity index (χ2v) is 7.40. The summed E-state index contributed by atoms with van der Waals surface area (Å²) in [5, 5.41) is 9.86. The molecule has 0 aliphatic carbocycles. The number of amides is 1. The monoisotopic (exact) mass is 339 g/mol. The van der Waals surface area contributed by atoms with Gasteiger partial charge in [0, 0.05) is 35.9 Å². The van der Waals surface area contributed by atoms with Gasteiger partial charge in [-0.2, -0.15) is 0 Å². The molecular weight excluding hydrogens is 333 g/mol. The Morgan fingerprint density at radius 1 is 1.50 bits per heavy atom. The molecule has 1 atom stereocenters. The highest BCUT2D eigenvalue weighted by molar-refractivity contribution is 8.14. The number of halogens is 2. The van der Waals surface area contributed by atoms with E-state index in [4.69, 9.17) is 22.3 Å². The van der Waals surface area contributed by atoms with Gasteiger partial charge >= 0.3 is 5.69 Å². The highest BCUT2D eigenvalue weighted by atomic mass is 35.7. The van der Waals surface area contributed by atoms with Crippen LogP contribution in [0.15, 0.2) is 12.3 Å². The average Bonchev–Trinajstić information content (AvgIpc) is 2.71. The van der Waals surface area contributed by atoms with Crippen LogP contribution in [0.25, 0.3) is 0 Å². The molecule has 8 nitrogen and oxygen atoms in total. The molecule has 0 spiro atoms. The smallest absolute Gasteiger partial charge is 0.290 e. The molecule has 2 heterocycles. The molecule has 1 aromatic rings. The van der Waals surface area contributed by atoms with Gasteiger partial charge in [0.25, 0.3) is 0 Å². The lowest BCUT2D eigenvalue weighted by Gasteiger charge is -2.14. The van der Waals surface area contributed by atoms with Crippen molar-refractivity contribution in [2.75, 3.05) is 11.4 Å². The molecule has 0 N–H and O–H groups in total. The Hall–Kier alpha value is -1.45. The van der Waals surface area contributed by atoms with Gasteiger partial charge in [-0.15, -0.1) is 0 Å². The van der Waals surface area contributed by atoms with E-state index in [1.165, 1.54) is 0 Å².